The number of fused-ring (bicyclic) bond motifs is 1. The lowest BCUT2D eigenvalue weighted by Gasteiger charge is -2.18. The molecule has 0 saturated heterocycles. The van der Waals surface area contributed by atoms with Gasteiger partial charge in [-0.2, -0.15) is 0 Å². The highest BCUT2D eigenvalue weighted by Crippen LogP contribution is 2.26. The van der Waals surface area contributed by atoms with E-state index in [-0.39, 0.29) is 17.8 Å². The summed E-state index contributed by atoms with van der Waals surface area (Å²) in [5.41, 5.74) is 4.75. The van der Waals surface area contributed by atoms with Crippen molar-refractivity contribution in [3.05, 3.63) is 54.1 Å². The molecule has 0 aliphatic carbocycles. The molecule has 0 fully saturated rings. The molecule has 0 spiro atoms. The minimum absolute atomic E-state index is 0. The number of rotatable bonds is 1. The van der Waals surface area contributed by atoms with Gasteiger partial charge in [0.2, 0.25) is 0 Å². The summed E-state index contributed by atoms with van der Waals surface area (Å²) < 4.78 is 0. The van der Waals surface area contributed by atoms with E-state index in [4.69, 9.17) is 0 Å². The molecule has 0 atom stereocenters. The second-order valence-corrected chi connectivity index (χ2v) is 5.93. The smallest absolute Gasteiger partial charge is 0.138 e. The van der Waals surface area contributed by atoms with Gasteiger partial charge in [-0.25, -0.2) is 4.98 Å². The van der Waals surface area contributed by atoms with Crippen molar-refractivity contribution >= 4 is 23.4 Å². The summed E-state index contributed by atoms with van der Waals surface area (Å²) in [7, 11) is 0. The third kappa shape index (κ3) is 2.70. The van der Waals surface area contributed by atoms with Crippen LogP contribution in [0.1, 0.15) is 26.3 Å². The Kier molecular flexibility index (Phi) is 3.87. The first-order valence-corrected chi connectivity index (χ1v) is 6.60. The number of hydrogen-bond donors (Lipinski definition) is 1. The number of nitrogens with zero attached hydrogens (tertiary/aromatic N) is 1. The number of aromatic amines is 1. The molecule has 1 N–H and O–H groups in total. The summed E-state index contributed by atoms with van der Waals surface area (Å²) in [6.45, 7) is 6.68. The van der Waals surface area contributed by atoms with Gasteiger partial charge in [-0.1, -0.05) is 57.2 Å². The summed E-state index contributed by atoms with van der Waals surface area (Å²) in [5.74, 6) is 0.932. The van der Waals surface area contributed by atoms with Crippen LogP contribution in [0.2, 0.25) is 0 Å². The molecule has 0 unspecified atom stereocenters. The van der Waals surface area contributed by atoms with E-state index in [9.17, 15) is 0 Å². The maximum atomic E-state index is 4.62. The van der Waals surface area contributed by atoms with Gasteiger partial charge < -0.3 is 4.98 Å². The van der Waals surface area contributed by atoms with Crippen molar-refractivity contribution in [1.29, 1.82) is 0 Å². The van der Waals surface area contributed by atoms with Crippen LogP contribution in [0, 0.1) is 0 Å². The molecule has 0 bridgehead atoms. The SMILES string of the molecule is CC(C)(C)c1ccc(-c2nc3ccccc3[nH]2)cc1.Cl. The second kappa shape index (κ2) is 5.29. The lowest BCUT2D eigenvalue weighted by Crippen LogP contribution is -2.10. The zero-order valence-electron chi connectivity index (χ0n) is 12.0. The van der Waals surface area contributed by atoms with Crippen LogP contribution < -0.4 is 0 Å². The highest BCUT2D eigenvalue weighted by molar-refractivity contribution is 5.85. The van der Waals surface area contributed by atoms with Gasteiger partial charge in [0.05, 0.1) is 11.0 Å². The first-order valence-electron chi connectivity index (χ1n) is 6.60. The van der Waals surface area contributed by atoms with Crippen LogP contribution >= 0.6 is 12.4 Å². The highest BCUT2D eigenvalue weighted by Gasteiger charge is 2.13. The molecule has 104 valence electrons. The monoisotopic (exact) mass is 286 g/mol. The van der Waals surface area contributed by atoms with E-state index in [2.05, 4.69) is 61.1 Å². The Labute approximate surface area is 125 Å². The topological polar surface area (TPSA) is 28.7 Å². The van der Waals surface area contributed by atoms with Crippen molar-refractivity contribution < 1.29 is 0 Å². The van der Waals surface area contributed by atoms with Crippen molar-refractivity contribution in [3.63, 3.8) is 0 Å². The number of aromatic nitrogens is 2. The molecule has 3 aromatic rings. The fourth-order valence-corrected chi connectivity index (χ4v) is 2.22. The van der Waals surface area contributed by atoms with Crippen molar-refractivity contribution in [1.82, 2.24) is 9.97 Å². The van der Waals surface area contributed by atoms with Crippen molar-refractivity contribution in [3.8, 4) is 11.4 Å². The molecular formula is C17H19ClN2. The molecule has 20 heavy (non-hydrogen) atoms. The number of imidazole rings is 1. The van der Waals surface area contributed by atoms with E-state index < -0.39 is 0 Å². The number of H-pyrrole nitrogens is 1. The van der Waals surface area contributed by atoms with Crippen LogP contribution in [0.15, 0.2) is 48.5 Å². The summed E-state index contributed by atoms with van der Waals surface area (Å²) >= 11 is 0. The van der Waals surface area contributed by atoms with Gasteiger partial charge in [0.25, 0.3) is 0 Å². The summed E-state index contributed by atoms with van der Waals surface area (Å²) in [4.78, 5) is 7.98. The van der Waals surface area contributed by atoms with Gasteiger partial charge in [0.15, 0.2) is 0 Å². The van der Waals surface area contributed by atoms with Gasteiger partial charge in [-0.3, -0.25) is 0 Å². The Bertz CT molecular complexity index is 673. The summed E-state index contributed by atoms with van der Waals surface area (Å²) in [6, 6.07) is 16.7. The predicted molar refractivity (Wildman–Crippen MR) is 87.5 cm³/mol. The van der Waals surface area contributed by atoms with Crippen molar-refractivity contribution in [2.24, 2.45) is 0 Å². The predicted octanol–water partition coefficient (Wildman–Crippen LogP) is 4.95. The molecule has 2 nitrogen and oxygen atoms in total. The summed E-state index contributed by atoms with van der Waals surface area (Å²) in [6.07, 6.45) is 0. The number of nitrogens with one attached hydrogen (secondary N) is 1. The molecular weight excluding hydrogens is 268 g/mol. The first-order chi connectivity index (χ1) is 9.04. The number of halogens is 1. The van der Waals surface area contributed by atoms with E-state index in [1.165, 1.54) is 5.56 Å². The zero-order valence-corrected chi connectivity index (χ0v) is 12.8. The first kappa shape index (κ1) is 14.6. The van der Waals surface area contributed by atoms with Crippen molar-refractivity contribution in [2.45, 2.75) is 26.2 Å². The Hall–Kier alpha value is -1.80. The Balaban J connectivity index is 0.00000147. The van der Waals surface area contributed by atoms with E-state index >= 15 is 0 Å². The van der Waals surface area contributed by atoms with Crippen LogP contribution in [-0.4, -0.2) is 9.97 Å². The van der Waals surface area contributed by atoms with Crippen LogP contribution in [0.4, 0.5) is 0 Å². The third-order valence-corrected chi connectivity index (χ3v) is 3.41. The molecule has 3 heteroatoms. The molecule has 0 aliphatic heterocycles. The normalized spacial score (nSPS) is 11.3. The van der Waals surface area contributed by atoms with E-state index in [1.807, 2.05) is 18.2 Å². The maximum absolute atomic E-state index is 4.62. The number of para-hydroxylation sites is 2. The Morgan fingerprint density at radius 1 is 0.900 bits per heavy atom. The average molecular weight is 287 g/mol. The third-order valence-electron chi connectivity index (χ3n) is 3.41. The largest absolute Gasteiger partial charge is 0.338 e. The van der Waals surface area contributed by atoms with Crippen LogP contribution in [0.25, 0.3) is 22.4 Å². The molecule has 0 aliphatic rings. The lowest BCUT2D eigenvalue weighted by atomic mass is 9.87. The van der Waals surface area contributed by atoms with E-state index in [0.29, 0.717) is 0 Å². The average Bonchev–Trinajstić information content (AvgIpc) is 2.81. The van der Waals surface area contributed by atoms with E-state index in [1.54, 1.807) is 0 Å². The van der Waals surface area contributed by atoms with Gasteiger partial charge in [0.1, 0.15) is 5.82 Å². The second-order valence-electron chi connectivity index (χ2n) is 5.93. The minimum Gasteiger partial charge on any atom is -0.338 e. The van der Waals surface area contributed by atoms with Gasteiger partial charge in [-0.05, 0) is 23.1 Å². The van der Waals surface area contributed by atoms with Crippen LogP contribution in [-0.2, 0) is 5.41 Å². The fraction of sp³-hybridized carbons (Fsp3) is 0.235. The lowest BCUT2D eigenvalue weighted by molar-refractivity contribution is 0.590. The Morgan fingerprint density at radius 3 is 2.15 bits per heavy atom. The van der Waals surface area contributed by atoms with Gasteiger partial charge in [0, 0.05) is 5.56 Å². The zero-order chi connectivity index (χ0) is 13.5. The molecule has 3 rings (SSSR count). The molecule has 2 aromatic carbocycles. The Morgan fingerprint density at radius 2 is 1.55 bits per heavy atom. The van der Waals surface area contributed by atoms with Crippen LogP contribution in [0.3, 0.4) is 0 Å². The fourth-order valence-electron chi connectivity index (χ4n) is 2.22. The minimum atomic E-state index is 0. The highest BCUT2D eigenvalue weighted by atomic mass is 35.5. The van der Waals surface area contributed by atoms with E-state index in [0.717, 1.165) is 22.4 Å². The van der Waals surface area contributed by atoms with Crippen molar-refractivity contribution in [2.75, 3.05) is 0 Å². The summed E-state index contributed by atoms with van der Waals surface area (Å²) in [5, 5.41) is 0. The number of benzene rings is 2. The molecule has 1 heterocycles. The quantitative estimate of drug-likeness (QED) is 0.674. The number of hydrogen-bond acceptors (Lipinski definition) is 1. The molecule has 1 aromatic heterocycles. The molecule has 0 radical (unpaired) electrons. The van der Waals surface area contributed by atoms with Crippen LogP contribution in [0.5, 0.6) is 0 Å². The van der Waals surface area contributed by atoms with Gasteiger partial charge >= 0.3 is 0 Å². The molecule has 0 amide bonds. The molecule has 0 saturated carbocycles. The van der Waals surface area contributed by atoms with Gasteiger partial charge in [-0.15, -0.1) is 12.4 Å². The standard InChI is InChI=1S/C17H18N2.ClH/c1-17(2,3)13-10-8-12(9-11-13)16-18-14-6-4-5-7-15(14)19-16;/h4-11H,1-3H3,(H,18,19);1H. The maximum Gasteiger partial charge on any atom is 0.138 e.